The van der Waals surface area contributed by atoms with Crippen molar-refractivity contribution in [3.63, 3.8) is 0 Å². The Bertz CT molecular complexity index is 1050. The summed E-state index contributed by atoms with van der Waals surface area (Å²) in [7, 11) is 0. The van der Waals surface area contributed by atoms with Crippen LogP contribution in [0.4, 0.5) is 6.01 Å². The maximum absolute atomic E-state index is 5.52. The fourth-order valence-corrected chi connectivity index (χ4v) is 3.88. The lowest BCUT2D eigenvalue weighted by Gasteiger charge is -2.30. The lowest BCUT2D eigenvalue weighted by Crippen LogP contribution is -2.34. The van der Waals surface area contributed by atoms with Gasteiger partial charge in [0.2, 0.25) is 5.82 Å². The van der Waals surface area contributed by atoms with Gasteiger partial charge in [-0.15, -0.1) is 0 Å². The van der Waals surface area contributed by atoms with E-state index in [1.807, 2.05) is 48.8 Å². The van der Waals surface area contributed by atoms with Gasteiger partial charge in [-0.3, -0.25) is 4.98 Å². The minimum atomic E-state index is 0.425. The lowest BCUT2D eigenvalue weighted by atomic mass is 9.96. The van der Waals surface area contributed by atoms with Crippen molar-refractivity contribution in [1.29, 1.82) is 0 Å². The number of anilines is 1. The van der Waals surface area contributed by atoms with Crippen LogP contribution in [0.5, 0.6) is 0 Å². The zero-order chi connectivity index (χ0) is 19.5. The van der Waals surface area contributed by atoms with Crippen molar-refractivity contribution in [3.05, 3.63) is 78.6 Å². The van der Waals surface area contributed by atoms with Gasteiger partial charge < -0.3 is 14.0 Å². The van der Waals surface area contributed by atoms with Gasteiger partial charge >= 0.3 is 6.01 Å². The summed E-state index contributed by atoms with van der Waals surface area (Å²) >= 11 is 0. The van der Waals surface area contributed by atoms with Gasteiger partial charge in [0.25, 0.3) is 0 Å². The topological polar surface area (TPSA) is 72.9 Å². The van der Waals surface area contributed by atoms with Gasteiger partial charge in [0.05, 0.1) is 6.54 Å². The maximum Gasteiger partial charge on any atom is 0.324 e. The predicted octanol–water partition coefficient (Wildman–Crippen LogP) is 3.76. The van der Waals surface area contributed by atoms with Crippen LogP contribution >= 0.6 is 0 Å². The molecule has 0 amide bonds. The second kappa shape index (κ2) is 7.87. The Morgan fingerprint density at radius 2 is 1.86 bits per heavy atom. The van der Waals surface area contributed by atoms with Crippen LogP contribution in [0.25, 0.3) is 11.4 Å². The van der Waals surface area contributed by atoms with Gasteiger partial charge in [0, 0.05) is 49.4 Å². The number of piperidine rings is 1. The van der Waals surface area contributed by atoms with E-state index in [9.17, 15) is 0 Å². The highest BCUT2D eigenvalue weighted by molar-refractivity contribution is 5.55. The fraction of sp³-hybridized carbons (Fsp3) is 0.273. The first-order chi connectivity index (χ1) is 14.4. The number of aromatic nitrogens is 5. The molecule has 5 rings (SSSR count). The number of hydrogen-bond acceptors (Lipinski definition) is 6. The molecular formula is C22H22N6O. The van der Waals surface area contributed by atoms with Crippen molar-refractivity contribution >= 4 is 6.01 Å². The number of rotatable bonds is 5. The van der Waals surface area contributed by atoms with Crippen molar-refractivity contribution in [2.24, 2.45) is 0 Å². The zero-order valence-corrected chi connectivity index (χ0v) is 16.1. The van der Waals surface area contributed by atoms with E-state index >= 15 is 0 Å². The summed E-state index contributed by atoms with van der Waals surface area (Å²) in [4.78, 5) is 15.6. The largest absolute Gasteiger partial charge is 0.330 e. The van der Waals surface area contributed by atoms with Crippen molar-refractivity contribution in [3.8, 4) is 11.4 Å². The van der Waals surface area contributed by atoms with Crippen molar-refractivity contribution in [2.45, 2.75) is 25.3 Å². The molecular weight excluding hydrogens is 364 g/mol. The molecule has 0 atom stereocenters. The molecule has 1 aromatic carbocycles. The average molecular weight is 386 g/mol. The molecule has 4 aromatic rings. The second-order valence-corrected chi connectivity index (χ2v) is 7.30. The Kier molecular flexibility index (Phi) is 4.78. The standard InChI is InChI=1S/C22H22N6O/c1-2-6-18(7-3-1)20-25-22(29-26-20)27-12-8-19(9-13-27)21-24-11-14-28(21)16-17-5-4-10-23-15-17/h1-7,10-11,14-15,19H,8-9,12-13,16H2. The van der Waals surface area contributed by atoms with E-state index in [0.29, 0.717) is 17.8 Å². The average Bonchev–Trinajstić information content (AvgIpc) is 3.45. The van der Waals surface area contributed by atoms with Gasteiger partial charge in [-0.05, 0) is 24.5 Å². The zero-order valence-electron chi connectivity index (χ0n) is 16.1. The highest BCUT2D eigenvalue weighted by atomic mass is 16.5. The van der Waals surface area contributed by atoms with Gasteiger partial charge in [0.15, 0.2) is 0 Å². The van der Waals surface area contributed by atoms with E-state index in [0.717, 1.165) is 43.9 Å². The molecule has 1 aliphatic rings. The van der Waals surface area contributed by atoms with E-state index in [2.05, 4.69) is 41.8 Å². The number of pyridine rings is 1. The molecule has 0 bridgehead atoms. The van der Waals surface area contributed by atoms with Crippen molar-refractivity contribution in [1.82, 2.24) is 24.7 Å². The number of nitrogens with zero attached hydrogens (tertiary/aromatic N) is 6. The third-order valence-corrected chi connectivity index (χ3v) is 5.40. The first kappa shape index (κ1) is 17.6. The van der Waals surface area contributed by atoms with E-state index < -0.39 is 0 Å². The molecule has 4 heterocycles. The molecule has 0 radical (unpaired) electrons. The van der Waals surface area contributed by atoms with Crippen LogP contribution in [0.2, 0.25) is 0 Å². The molecule has 1 saturated heterocycles. The monoisotopic (exact) mass is 386 g/mol. The summed E-state index contributed by atoms with van der Waals surface area (Å²) in [6.07, 6.45) is 9.67. The smallest absolute Gasteiger partial charge is 0.324 e. The SMILES string of the molecule is c1ccc(-c2noc(N3CCC(c4nccn4Cc4cccnc4)CC3)n2)cc1. The molecule has 146 valence electrons. The third-order valence-electron chi connectivity index (χ3n) is 5.40. The number of imidazole rings is 1. The van der Waals surface area contributed by atoms with Gasteiger partial charge in [0.1, 0.15) is 5.82 Å². The normalized spacial score (nSPS) is 15.0. The van der Waals surface area contributed by atoms with Gasteiger partial charge in [-0.2, -0.15) is 4.98 Å². The number of benzene rings is 1. The van der Waals surface area contributed by atoms with E-state index in [1.54, 1.807) is 6.20 Å². The summed E-state index contributed by atoms with van der Waals surface area (Å²) < 4.78 is 7.76. The van der Waals surface area contributed by atoms with Crippen molar-refractivity contribution < 1.29 is 4.52 Å². The van der Waals surface area contributed by atoms with Gasteiger partial charge in [-0.1, -0.05) is 41.6 Å². The molecule has 29 heavy (non-hydrogen) atoms. The quantitative estimate of drug-likeness (QED) is 0.520. The molecule has 3 aromatic heterocycles. The predicted molar refractivity (Wildman–Crippen MR) is 109 cm³/mol. The molecule has 0 N–H and O–H groups in total. The highest BCUT2D eigenvalue weighted by Crippen LogP contribution is 2.30. The Morgan fingerprint density at radius 3 is 2.66 bits per heavy atom. The van der Waals surface area contributed by atoms with Crippen LogP contribution in [0.3, 0.4) is 0 Å². The molecule has 0 aliphatic carbocycles. The molecule has 7 nitrogen and oxygen atoms in total. The summed E-state index contributed by atoms with van der Waals surface area (Å²) in [6, 6.07) is 14.6. The van der Waals surface area contributed by atoms with Gasteiger partial charge in [-0.25, -0.2) is 4.98 Å². The van der Waals surface area contributed by atoms with Crippen LogP contribution in [0.15, 0.2) is 71.8 Å². The molecule has 7 heteroatoms. The minimum absolute atomic E-state index is 0.425. The number of hydrogen-bond donors (Lipinski definition) is 0. The van der Waals surface area contributed by atoms with Crippen LogP contribution in [0, 0.1) is 0 Å². The van der Waals surface area contributed by atoms with E-state index in [1.165, 1.54) is 5.56 Å². The Hall–Kier alpha value is -3.48. The first-order valence-corrected chi connectivity index (χ1v) is 9.91. The highest BCUT2D eigenvalue weighted by Gasteiger charge is 2.26. The van der Waals surface area contributed by atoms with E-state index in [-0.39, 0.29) is 0 Å². The summed E-state index contributed by atoms with van der Waals surface area (Å²) in [5.74, 6) is 2.20. The van der Waals surface area contributed by atoms with Crippen LogP contribution in [-0.4, -0.2) is 37.8 Å². The second-order valence-electron chi connectivity index (χ2n) is 7.30. The molecule has 1 fully saturated rings. The van der Waals surface area contributed by atoms with E-state index in [4.69, 9.17) is 4.52 Å². The first-order valence-electron chi connectivity index (χ1n) is 9.91. The van der Waals surface area contributed by atoms with Crippen LogP contribution < -0.4 is 4.90 Å². The minimum Gasteiger partial charge on any atom is -0.330 e. The van der Waals surface area contributed by atoms with Crippen LogP contribution in [-0.2, 0) is 6.54 Å². The molecule has 0 unspecified atom stereocenters. The summed E-state index contributed by atoms with van der Waals surface area (Å²) in [5.41, 5.74) is 2.15. The maximum atomic E-state index is 5.52. The fourth-order valence-electron chi connectivity index (χ4n) is 3.88. The Labute approximate surface area is 169 Å². The lowest BCUT2D eigenvalue weighted by molar-refractivity contribution is 0.389. The Balaban J connectivity index is 1.25. The Morgan fingerprint density at radius 1 is 1.00 bits per heavy atom. The third kappa shape index (κ3) is 3.76. The molecule has 1 aliphatic heterocycles. The van der Waals surface area contributed by atoms with Crippen LogP contribution in [0.1, 0.15) is 30.1 Å². The summed E-state index contributed by atoms with van der Waals surface area (Å²) in [5, 5.41) is 4.14. The summed E-state index contributed by atoms with van der Waals surface area (Å²) in [6.45, 7) is 2.55. The van der Waals surface area contributed by atoms with Crippen molar-refractivity contribution in [2.75, 3.05) is 18.0 Å². The molecule has 0 spiro atoms. The molecule has 0 saturated carbocycles.